The first-order valence-corrected chi connectivity index (χ1v) is 5.82. The van der Waals surface area contributed by atoms with Crippen LogP contribution < -0.4 is 5.73 Å². The highest BCUT2D eigenvalue weighted by Gasteiger charge is 2.18. The molecule has 17 heavy (non-hydrogen) atoms. The Bertz CT molecular complexity index is 563. The summed E-state index contributed by atoms with van der Waals surface area (Å²) in [6, 6.07) is 13.9. The number of hydrogen-bond acceptors (Lipinski definition) is 1. The molecule has 1 nitrogen and oxygen atoms in total. The van der Waals surface area contributed by atoms with Gasteiger partial charge in [0.2, 0.25) is 0 Å². The van der Waals surface area contributed by atoms with Crippen molar-refractivity contribution in [2.75, 3.05) is 6.67 Å². The largest absolute Gasteiger partial charge is 0.322 e. The topological polar surface area (TPSA) is 26.0 Å². The standard InChI is InChI=1S/C15H14FN/c16-9-15(17)11-5-6-14-12(8-11)7-10-3-1-2-4-13(10)14/h1-6,8,15H,7,9,17H2/t15-/m0/s1. The van der Waals surface area contributed by atoms with Crippen LogP contribution in [0.1, 0.15) is 22.7 Å². The number of nitrogens with two attached hydrogens (primary N) is 1. The van der Waals surface area contributed by atoms with E-state index < -0.39 is 12.7 Å². The molecule has 3 rings (SSSR count). The maximum absolute atomic E-state index is 12.6. The van der Waals surface area contributed by atoms with Gasteiger partial charge in [-0.1, -0.05) is 42.5 Å². The Morgan fingerprint density at radius 1 is 1.06 bits per heavy atom. The predicted octanol–water partition coefficient (Wildman–Crippen LogP) is 3.23. The fourth-order valence-electron chi connectivity index (χ4n) is 2.48. The third kappa shape index (κ3) is 1.65. The summed E-state index contributed by atoms with van der Waals surface area (Å²) in [5.41, 5.74) is 11.8. The van der Waals surface area contributed by atoms with Crippen LogP contribution in [0.15, 0.2) is 42.5 Å². The number of rotatable bonds is 2. The van der Waals surface area contributed by atoms with Gasteiger partial charge in [0.05, 0.1) is 6.04 Å². The second kappa shape index (κ2) is 3.97. The quantitative estimate of drug-likeness (QED) is 0.714. The molecule has 0 radical (unpaired) electrons. The Balaban J connectivity index is 2.07. The van der Waals surface area contributed by atoms with Crippen LogP contribution in [0.5, 0.6) is 0 Å². The molecule has 0 unspecified atom stereocenters. The smallest absolute Gasteiger partial charge is 0.109 e. The molecule has 2 aromatic rings. The maximum Gasteiger partial charge on any atom is 0.109 e. The van der Waals surface area contributed by atoms with Crippen LogP contribution >= 0.6 is 0 Å². The van der Waals surface area contributed by atoms with Crippen LogP contribution in [-0.4, -0.2) is 6.67 Å². The summed E-state index contributed by atoms with van der Waals surface area (Å²) in [5.74, 6) is 0. The lowest BCUT2D eigenvalue weighted by atomic mass is 10.0. The molecule has 1 aliphatic carbocycles. The second-order valence-corrected chi connectivity index (χ2v) is 4.51. The van der Waals surface area contributed by atoms with Gasteiger partial charge in [0.1, 0.15) is 6.67 Å². The fourth-order valence-corrected chi connectivity index (χ4v) is 2.48. The van der Waals surface area contributed by atoms with E-state index in [1.165, 1.54) is 22.3 Å². The van der Waals surface area contributed by atoms with Crippen molar-refractivity contribution in [1.82, 2.24) is 0 Å². The van der Waals surface area contributed by atoms with Crippen molar-refractivity contribution in [2.45, 2.75) is 12.5 Å². The molecule has 2 heteroatoms. The third-order valence-electron chi connectivity index (χ3n) is 3.41. The molecule has 2 aromatic carbocycles. The molecule has 86 valence electrons. The summed E-state index contributed by atoms with van der Waals surface area (Å²) in [4.78, 5) is 0. The van der Waals surface area contributed by atoms with E-state index in [-0.39, 0.29) is 0 Å². The molecule has 0 amide bonds. The third-order valence-corrected chi connectivity index (χ3v) is 3.41. The molecule has 2 N–H and O–H groups in total. The summed E-state index contributed by atoms with van der Waals surface area (Å²) in [6.45, 7) is -0.508. The van der Waals surface area contributed by atoms with Gasteiger partial charge < -0.3 is 5.73 Å². The lowest BCUT2D eigenvalue weighted by molar-refractivity contribution is 0.437. The zero-order valence-electron chi connectivity index (χ0n) is 9.49. The molecule has 1 aliphatic rings. The molecular formula is C15H14FN. The molecular weight excluding hydrogens is 213 g/mol. The predicted molar refractivity (Wildman–Crippen MR) is 67.6 cm³/mol. The van der Waals surface area contributed by atoms with Crippen molar-refractivity contribution in [3.05, 3.63) is 59.2 Å². The van der Waals surface area contributed by atoms with Crippen LogP contribution in [-0.2, 0) is 6.42 Å². The van der Waals surface area contributed by atoms with Gasteiger partial charge in [-0.2, -0.15) is 0 Å². The molecule has 0 saturated carbocycles. The average molecular weight is 227 g/mol. The molecule has 0 spiro atoms. The van der Waals surface area contributed by atoms with Gasteiger partial charge in [0.25, 0.3) is 0 Å². The number of alkyl halides is 1. The van der Waals surface area contributed by atoms with Crippen molar-refractivity contribution in [1.29, 1.82) is 0 Å². The van der Waals surface area contributed by atoms with E-state index in [4.69, 9.17) is 5.73 Å². The lowest BCUT2D eigenvalue weighted by Gasteiger charge is -2.09. The number of hydrogen-bond donors (Lipinski definition) is 1. The van der Waals surface area contributed by atoms with Crippen molar-refractivity contribution in [3.63, 3.8) is 0 Å². The lowest BCUT2D eigenvalue weighted by Crippen LogP contribution is -2.12. The van der Waals surface area contributed by atoms with Crippen molar-refractivity contribution in [2.24, 2.45) is 5.73 Å². The van der Waals surface area contributed by atoms with Gasteiger partial charge in [0, 0.05) is 0 Å². The summed E-state index contributed by atoms with van der Waals surface area (Å²) < 4.78 is 12.6. The Morgan fingerprint density at radius 3 is 2.65 bits per heavy atom. The van der Waals surface area contributed by atoms with Crippen LogP contribution in [0.25, 0.3) is 11.1 Å². The number of benzene rings is 2. The minimum atomic E-state index is -0.508. The van der Waals surface area contributed by atoms with Gasteiger partial charge in [-0.05, 0) is 34.2 Å². The zero-order valence-corrected chi connectivity index (χ0v) is 9.49. The summed E-state index contributed by atoms with van der Waals surface area (Å²) in [6.07, 6.45) is 0.929. The monoisotopic (exact) mass is 227 g/mol. The number of halogens is 1. The van der Waals surface area contributed by atoms with Crippen molar-refractivity contribution >= 4 is 0 Å². The first-order valence-electron chi connectivity index (χ1n) is 5.82. The second-order valence-electron chi connectivity index (χ2n) is 4.51. The van der Waals surface area contributed by atoms with Gasteiger partial charge in [-0.25, -0.2) is 4.39 Å². The SMILES string of the molecule is N[C@@H](CF)c1ccc2c(c1)Cc1ccccc1-2. The van der Waals surface area contributed by atoms with E-state index in [2.05, 4.69) is 30.3 Å². The van der Waals surface area contributed by atoms with Crippen molar-refractivity contribution < 1.29 is 4.39 Å². The van der Waals surface area contributed by atoms with Gasteiger partial charge >= 0.3 is 0 Å². The first-order chi connectivity index (χ1) is 8.29. The average Bonchev–Trinajstić information content (AvgIpc) is 2.75. The van der Waals surface area contributed by atoms with Gasteiger partial charge in [-0.15, -0.1) is 0 Å². The molecule has 1 atom stereocenters. The molecule has 0 aliphatic heterocycles. The van der Waals surface area contributed by atoms with E-state index in [0.29, 0.717) is 0 Å². The van der Waals surface area contributed by atoms with E-state index in [1.807, 2.05) is 12.1 Å². The Kier molecular flexibility index (Phi) is 2.45. The minimum Gasteiger partial charge on any atom is -0.322 e. The van der Waals surface area contributed by atoms with Gasteiger partial charge in [0.15, 0.2) is 0 Å². The molecule has 0 fully saturated rings. The highest BCUT2D eigenvalue weighted by Crippen LogP contribution is 2.37. The van der Waals surface area contributed by atoms with Crippen molar-refractivity contribution in [3.8, 4) is 11.1 Å². The van der Waals surface area contributed by atoms with E-state index in [0.717, 1.165) is 12.0 Å². The van der Waals surface area contributed by atoms with Gasteiger partial charge in [-0.3, -0.25) is 0 Å². The fraction of sp³-hybridized carbons (Fsp3) is 0.200. The zero-order chi connectivity index (χ0) is 11.8. The first kappa shape index (κ1) is 10.5. The summed E-state index contributed by atoms with van der Waals surface area (Å²) >= 11 is 0. The number of fused-ring (bicyclic) bond motifs is 3. The van der Waals surface area contributed by atoms with Crippen LogP contribution in [0.2, 0.25) is 0 Å². The molecule has 0 aromatic heterocycles. The highest BCUT2D eigenvalue weighted by atomic mass is 19.1. The molecule has 0 heterocycles. The summed E-state index contributed by atoms with van der Waals surface area (Å²) in [5, 5.41) is 0. The van der Waals surface area contributed by atoms with Crippen LogP contribution in [0.3, 0.4) is 0 Å². The van der Waals surface area contributed by atoms with Crippen LogP contribution in [0, 0.1) is 0 Å². The highest BCUT2D eigenvalue weighted by molar-refractivity contribution is 5.76. The van der Waals surface area contributed by atoms with E-state index in [9.17, 15) is 4.39 Å². The molecule has 0 bridgehead atoms. The Labute approximate surface area is 100 Å². The Hall–Kier alpha value is -1.67. The minimum absolute atomic E-state index is 0.496. The summed E-state index contributed by atoms with van der Waals surface area (Å²) in [7, 11) is 0. The van der Waals surface area contributed by atoms with Crippen LogP contribution in [0.4, 0.5) is 4.39 Å². The molecule has 0 saturated heterocycles. The van der Waals surface area contributed by atoms with E-state index >= 15 is 0 Å². The normalized spacial score (nSPS) is 14.2. The maximum atomic E-state index is 12.6. The van der Waals surface area contributed by atoms with E-state index in [1.54, 1.807) is 0 Å². The Morgan fingerprint density at radius 2 is 1.82 bits per heavy atom.